The van der Waals surface area contributed by atoms with Crippen LogP contribution in [-0.4, -0.2) is 61.3 Å². The van der Waals surface area contributed by atoms with Gasteiger partial charge in [0, 0.05) is 56.3 Å². The lowest BCUT2D eigenvalue weighted by Crippen LogP contribution is -2.47. The van der Waals surface area contributed by atoms with Crippen LogP contribution in [0, 0.1) is 0 Å². The molecule has 0 N–H and O–H groups in total. The maximum atomic E-state index is 5.34. The van der Waals surface area contributed by atoms with Crippen LogP contribution in [0.3, 0.4) is 0 Å². The number of piperazine rings is 1. The summed E-state index contributed by atoms with van der Waals surface area (Å²) in [4.78, 5) is 24.7. The first kappa shape index (κ1) is 24.7. The minimum atomic E-state index is 0.743. The zero-order valence-electron chi connectivity index (χ0n) is 23.0. The second-order valence-electron chi connectivity index (χ2n) is 10.7. The van der Waals surface area contributed by atoms with Gasteiger partial charge in [-0.3, -0.25) is 0 Å². The fraction of sp³-hybridized carbons (Fsp3) is 0.344. The van der Waals surface area contributed by atoms with Crippen LogP contribution in [0.15, 0.2) is 72.8 Å². The Morgan fingerprint density at radius 3 is 1.60 bits per heavy atom. The highest BCUT2D eigenvalue weighted by Crippen LogP contribution is 2.36. The molecule has 7 rings (SSSR count). The number of benzene rings is 3. The Hall–Kier alpha value is -4.33. The third-order valence-corrected chi connectivity index (χ3v) is 8.30. The summed E-state index contributed by atoms with van der Waals surface area (Å²) in [5, 5.41) is 0. The van der Waals surface area contributed by atoms with Gasteiger partial charge in [-0.15, -0.1) is 0 Å². The van der Waals surface area contributed by atoms with Crippen molar-refractivity contribution in [3.63, 3.8) is 0 Å². The Labute approximate surface area is 235 Å². The maximum absolute atomic E-state index is 5.34. The summed E-state index contributed by atoms with van der Waals surface area (Å²) in [6.07, 6.45) is 4.34. The Morgan fingerprint density at radius 2 is 1.05 bits per heavy atom. The lowest BCUT2D eigenvalue weighted by molar-refractivity contribution is 0.415. The number of nitrogens with zero attached hydrogens (tertiary/aromatic N) is 7. The van der Waals surface area contributed by atoms with Crippen molar-refractivity contribution in [2.24, 2.45) is 0 Å². The summed E-state index contributed by atoms with van der Waals surface area (Å²) in [6, 6.07) is 25.6. The molecule has 0 radical (unpaired) electrons. The Morgan fingerprint density at radius 1 is 0.550 bits per heavy atom. The van der Waals surface area contributed by atoms with Crippen LogP contribution in [0.1, 0.15) is 24.0 Å². The molecule has 204 valence electrons. The van der Waals surface area contributed by atoms with Gasteiger partial charge in [-0.1, -0.05) is 36.4 Å². The number of hydrogen-bond donors (Lipinski definition) is 0. The first-order valence-electron chi connectivity index (χ1n) is 14.4. The molecule has 0 amide bonds. The van der Waals surface area contributed by atoms with E-state index in [9.17, 15) is 0 Å². The summed E-state index contributed by atoms with van der Waals surface area (Å²) in [5.74, 6) is 3.13. The third kappa shape index (κ3) is 4.68. The van der Waals surface area contributed by atoms with Gasteiger partial charge in [0.05, 0.1) is 7.11 Å². The minimum absolute atomic E-state index is 0.743. The fourth-order valence-electron chi connectivity index (χ4n) is 6.17. The average molecular weight is 534 g/mol. The molecule has 0 aliphatic carbocycles. The van der Waals surface area contributed by atoms with Crippen molar-refractivity contribution in [2.75, 3.05) is 66.0 Å². The highest BCUT2D eigenvalue weighted by molar-refractivity contribution is 5.68. The van der Waals surface area contributed by atoms with E-state index in [1.165, 1.54) is 28.2 Å². The highest BCUT2D eigenvalue weighted by atomic mass is 16.5. The second-order valence-corrected chi connectivity index (χ2v) is 10.7. The van der Waals surface area contributed by atoms with Crippen LogP contribution in [-0.2, 0) is 12.8 Å². The molecule has 3 aliphatic heterocycles. The van der Waals surface area contributed by atoms with Gasteiger partial charge >= 0.3 is 0 Å². The largest absolute Gasteiger partial charge is 0.497 e. The van der Waals surface area contributed by atoms with E-state index < -0.39 is 0 Å². The van der Waals surface area contributed by atoms with Crippen LogP contribution in [0.2, 0.25) is 0 Å². The SMILES string of the molecule is COc1ccc(N2CCN(c3nc(N4CCCc5ccccc54)nc(N4CCCc5ccccc54)n3)CC2)cc1. The molecule has 3 aromatic carbocycles. The molecule has 1 saturated heterocycles. The van der Waals surface area contributed by atoms with Gasteiger partial charge in [0.15, 0.2) is 0 Å². The van der Waals surface area contributed by atoms with E-state index >= 15 is 0 Å². The van der Waals surface area contributed by atoms with Crippen LogP contribution < -0.4 is 24.3 Å². The molecule has 40 heavy (non-hydrogen) atoms. The van der Waals surface area contributed by atoms with E-state index in [4.69, 9.17) is 19.7 Å². The summed E-state index contributed by atoms with van der Waals surface area (Å²) >= 11 is 0. The molecule has 0 spiro atoms. The smallest absolute Gasteiger partial charge is 0.236 e. The zero-order valence-corrected chi connectivity index (χ0v) is 23.0. The number of aryl methyl sites for hydroxylation is 2. The predicted molar refractivity (Wildman–Crippen MR) is 161 cm³/mol. The highest BCUT2D eigenvalue weighted by Gasteiger charge is 2.28. The number of para-hydroxylation sites is 2. The molecular weight excluding hydrogens is 498 g/mol. The van der Waals surface area contributed by atoms with Crippen LogP contribution in [0.5, 0.6) is 5.75 Å². The van der Waals surface area contributed by atoms with E-state index in [0.717, 1.165) is 88.5 Å². The number of anilines is 6. The van der Waals surface area contributed by atoms with Crippen LogP contribution in [0.25, 0.3) is 0 Å². The Kier molecular flexibility index (Phi) is 6.59. The van der Waals surface area contributed by atoms with Crippen molar-refractivity contribution in [1.29, 1.82) is 0 Å². The lowest BCUT2D eigenvalue weighted by Gasteiger charge is -2.37. The Balaban J connectivity index is 1.23. The molecule has 4 aromatic rings. The zero-order chi connectivity index (χ0) is 26.9. The predicted octanol–water partition coefficient (Wildman–Crippen LogP) is 5.38. The van der Waals surface area contributed by atoms with Crippen molar-refractivity contribution in [1.82, 2.24) is 15.0 Å². The first-order valence-corrected chi connectivity index (χ1v) is 14.4. The molecule has 1 fully saturated rings. The molecule has 1 aromatic heterocycles. The molecule has 0 atom stereocenters. The number of methoxy groups -OCH3 is 1. The molecule has 4 heterocycles. The van der Waals surface area contributed by atoms with Gasteiger partial charge in [-0.25, -0.2) is 0 Å². The Bertz CT molecular complexity index is 1410. The lowest BCUT2D eigenvalue weighted by atomic mass is 10.0. The van der Waals surface area contributed by atoms with Gasteiger partial charge in [-0.2, -0.15) is 15.0 Å². The monoisotopic (exact) mass is 533 g/mol. The fourth-order valence-corrected chi connectivity index (χ4v) is 6.17. The van der Waals surface area contributed by atoms with Gasteiger partial charge in [0.1, 0.15) is 5.75 Å². The maximum Gasteiger partial charge on any atom is 0.236 e. The van der Waals surface area contributed by atoms with E-state index in [2.05, 4.69) is 80.3 Å². The van der Waals surface area contributed by atoms with Crippen molar-refractivity contribution in [3.05, 3.63) is 83.9 Å². The van der Waals surface area contributed by atoms with Gasteiger partial charge in [0.25, 0.3) is 0 Å². The van der Waals surface area contributed by atoms with E-state index in [0.29, 0.717) is 0 Å². The van der Waals surface area contributed by atoms with Gasteiger partial charge in [0.2, 0.25) is 17.8 Å². The number of fused-ring (bicyclic) bond motifs is 2. The van der Waals surface area contributed by atoms with Crippen molar-refractivity contribution in [3.8, 4) is 5.75 Å². The summed E-state index contributed by atoms with van der Waals surface area (Å²) in [7, 11) is 1.70. The third-order valence-electron chi connectivity index (χ3n) is 8.30. The van der Waals surface area contributed by atoms with Crippen molar-refractivity contribution in [2.45, 2.75) is 25.7 Å². The van der Waals surface area contributed by atoms with Crippen molar-refractivity contribution >= 4 is 34.9 Å². The number of rotatable bonds is 5. The molecule has 0 saturated carbocycles. The molecular formula is C32H35N7O. The summed E-state index contributed by atoms with van der Waals surface area (Å²) in [5.41, 5.74) is 6.34. The normalized spacial score (nSPS) is 16.9. The number of hydrogen-bond acceptors (Lipinski definition) is 8. The molecule has 8 nitrogen and oxygen atoms in total. The standard InChI is InChI=1S/C32H35N7O/c1-40-27-16-14-26(15-17-27)36-20-22-37(23-21-36)30-33-31(38-18-6-10-24-8-2-4-12-28(24)38)35-32(34-30)39-19-7-11-25-9-3-5-13-29(25)39/h2-5,8-9,12-17H,6-7,10-11,18-23H2,1H3. The first-order chi connectivity index (χ1) is 19.8. The topological polar surface area (TPSA) is 60.9 Å². The van der Waals surface area contributed by atoms with E-state index in [-0.39, 0.29) is 0 Å². The molecule has 8 heteroatoms. The van der Waals surface area contributed by atoms with Gasteiger partial charge < -0.3 is 24.3 Å². The average Bonchev–Trinajstić information content (AvgIpc) is 3.04. The van der Waals surface area contributed by atoms with E-state index in [1.807, 2.05) is 12.1 Å². The van der Waals surface area contributed by atoms with Crippen molar-refractivity contribution < 1.29 is 4.74 Å². The van der Waals surface area contributed by atoms with Crippen LogP contribution >= 0.6 is 0 Å². The second kappa shape index (κ2) is 10.7. The van der Waals surface area contributed by atoms with E-state index in [1.54, 1.807) is 7.11 Å². The van der Waals surface area contributed by atoms with Crippen LogP contribution in [0.4, 0.5) is 34.9 Å². The molecule has 0 bridgehead atoms. The molecule has 0 unspecified atom stereocenters. The quantitative estimate of drug-likeness (QED) is 0.339. The van der Waals surface area contributed by atoms with Gasteiger partial charge in [-0.05, 0) is 73.2 Å². The summed E-state index contributed by atoms with van der Waals surface area (Å²) in [6.45, 7) is 5.32. The number of ether oxygens (including phenoxy) is 1. The summed E-state index contributed by atoms with van der Waals surface area (Å²) < 4.78 is 5.34. The molecule has 3 aliphatic rings. The number of aromatic nitrogens is 3. The minimum Gasteiger partial charge on any atom is -0.497 e.